The molecule has 0 saturated carbocycles. The van der Waals surface area contributed by atoms with E-state index in [-0.39, 0.29) is 35.8 Å². The highest BCUT2D eigenvalue weighted by Crippen LogP contribution is 2.18. The van der Waals surface area contributed by atoms with Crippen LogP contribution in [0, 0.1) is 16.0 Å². The predicted octanol–water partition coefficient (Wildman–Crippen LogP) is 3.80. The lowest BCUT2D eigenvalue weighted by atomic mass is 10.1. The average Bonchev–Trinajstić information content (AvgIpc) is 2.73. The summed E-state index contributed by atoms with van der Waals surface area (Å²) < 4.78 is 9.97. The van der Waals surface area contributed by atoms with Gasteiger partial charge in [-0.25, -0.2) is 4.79 Å². The number of hydrogen-bond acceptors (Lipinski definition) is 7. The zero-order chi connectivity index (χ0) is 23.7. The summed E-state index contributed by atoms with van der Waals surface area (Å²) in [7, 11) is 0. The number of carbonyl (C=O) groups excluding carboxylic acids is 3. The number of nitro benzene ring substituents is 1. The van der Waals surface area contributed by atoms with E-state index in [1.807, 2.05) is 13.8 Å². The van der Waals surface area contributed by atoms with Crippen LogP contribution in [0.5, 0.6) is 5.75 Å². The van der Waals surface area contributed by atoms with Gasteiger partial charge in [-0.15, -0.1) is 0 Å². The zero-order valence-electron chi connectivity index (χ0n) is 18.0. The molecular formula is C22H25N3O7. The quantitative estimate of drug-likeness (QED) is 0.260. The third-order valence-corrected chi connectivity index (χ3v) is 4.19. The van der Waals surface area contributed by atoms with Gasteiger partial charge in [0.1, 0.15) is 18.4 Å². The summed E-state index contributed by atoms with van der Waals surface area (Å²) in [4.78, 5) is 45.8. The van der Waals surface area contributed by atoms with Crippen LogP contribution >= 0.6 is 0 Å². The number of carbonyl (C=O) groups is 3. The highest BCUT2D eigenvalue weighted by atomic mass is 16.7. The molecule has 32 heavy (non-hydrogen) atoms. The smallest absolute Gasteiger partial charge is 0.429 e. The molecule has 0 aromatic heterocycles. The van der Waals surface area contributed by atoms with E-state index < -0.39 is 17.1 Å². The molecule has 10 heteroatoms. The third kappa shape index (κ3) is 8.05. The number of nitro groups is 1. The molecule has 2 N–H and O–H groups in total. The van der Waals surface area contributed by atoms with Crippen molar-refractivity contribution < 1.29 is 28.8 Å². The first-order valence-electron chi connectivity index (χ1n) is 9.92. The van der Waals surface area contributed by atoms with E-state index in [1.54, 1.807) is 31.2 Å². The van der Waals surface area contributed by atoms with Gasteiger partial charge in [0.25, 0.3) is 5.69 Å². The van der Waals surface area contributed by atoms with Crippen molar-refractivity contribution in [3.05, 3.63) is 64.2 Å². The van der Waals surface area contributed by atoms with Crippen LogP contribution < -0.4 is 15.4 Å². The fraction of sp³-hybridized carbons (Fsp3) is 0.318. The number of non-ortho nitro benzene ring substituents is 1. The van der Waals surface area contributed by atoms with E-state index in [4.69, 9.17) is 9.47 Å². The van der Waals surface area contributed by atoms with Crippen molar-refractivity contribution in [2.24, 2.45) is 5.92 Å². The van der Waals surface area contributed by atoms with Crippen LogP contribution in [0.2, 0.25) is 0 Å². The van der Waals surface area contributed by atoms with E-state index in [2.05, 4.69) is 10.6 Å². The summed E-state index contributed by atoms with van der Waals surface area (Å²) in [5.41, 5.74) is 1.06. The van der Waals surface area contributed by atoms with E-state index in [9.17, 15) is 24.5 Å². The highest BCUT2D eigenvalue weighted by molar-refractivity contribution is 5.96. The summed E-state index contributed by atoms with van der Waals surface area (Å²) >= 11 is 0. The Balaban J connectivity index is 1.79. The number of rotatable bonds is 9. The topological polar surface area (TPSA) is 137 Å². The number of amides is 2. The first kappa shape index (κ1) is 24.3. The normalized spacial score (nSPS) is 11.4. The van der Waals surface area contributed by atoms with E-state index in [0.29, 0.717) is 17.7 Å². The maximum atomic E-state index is 12.2. The molecule has 2 amide bonds. The monoisotopic (exact) mass is 443 g/mol. The van der Waals surface area contributed by atoms with Gasteiger partial charge in [0.2, 0.25) is 11.8 Å². The largest absolute Gasteiger partial charge is 0.514 e. The van der Waals surface area contributed by atoms with Crippen molar-refractivity contribution in [3.8, 4) is 5.75 Å². The molecule has 0 bridgehead atoms. The van der Waals surface area contributed by atoms with Gasteiger partial charge in [-0.1, -0.05) is 26.0 Å². The van der Waals surface area contributed by atoms with E-state index >= 15 is 0 Å². The second-order valence-electron chi connectivity index (χ2n) is 7.47. The molecule has 10 nitrogen and oxygen atoms in total. The van der Waals surface area contributed by atoms with Crippen molar-refractivity contribution in [2.45, 2.75) is 39.8 Å². The molecule has 0 saturated heterocycles. The van der Waals surface area contributed by atoms with Crippen molar-refractivity contribution in [1.82, 2.24) is 5.32 Å². The fourth-order valence-corrected chi connectivity index (χ4v) is 2.58. The van der Waals surface area contributed by atoms with Gasteiger partial charge in [-0.2, -0.15) is 0 Å². The van der Waals surface area contributed by atoms with Crippen LogP contribution in [0.3, 0.4) is 0 Å². The molecule has 0 heterocycles. The van der Waals surface area contributed by atoms with Crippen LogP contribution in [0.25, 0.3) is 0 Å². The first-order chi connectivity index (χ1) is 15.1. The Bertz CT molecular complexity index is 956. The average molecular weight is 443 g/mol. The summed E-state index contributed by atoms with van der Waals surface area (Å²) in [6.45, 7) is 5.38. The standard InChI is InChI=1S/C22H25N3O7/c1-14(2)12-20(26)23-15(3)21(27)24-17-6-4-16(5-7-17)13-31-22(28)32-19-10-8-18(9-11-19)25(29)30/h4-11,14-15H,12-13H2,1-3H3,(H,23,26)(H,24,27)/t15-/m0/s1. The Labute approximate surface area is 185 Å². The SMILES string of the molecule is CC(C)CC(=O)N[C@@H](C)C(=O)Nc1ccc(COC(=O)Oc2ccc([N+](=O)[O-])cc2)cc1. The van der Waals surface area contributed by atoms with E-state index in [0.717, 1.165) is 0 Å². The van der Waals surface area contributed by atoms with Gasteiger partial charge in [-0.05, 0) is 42.7 Å². The summed E-state index contributed by atoms with van der Waals surface area (Å²) in [6.07, 6.45) is -0.610. The Morgan fingerprint density at radius 2 is 1.62 bits per heavy atom. The van der Waals surface area contributed by atoms with Crippen molar-refractivity contribution >= 4 is 29.3 Å². The summed E-state index contributed by atoms with van der Waals surface area (Å²) in [5.74, 6) is -0.215. The third-order valence-electron chi connectivity index (χ3n) is 4.19. The lowest BCUT2D eigenvalue weighted by Crippen LogP contribution is -2.41. The number of hydrogen-bond donors (Lipinski definition) is 2. The van der Waals surface area contributed by atoms with Crippen LogP contribution in [-0.2, 0) is 20.9 Å². The Morgan fingerprint density at radius 3 is 2.19 bits per heavy atom. The zero-order valence-corrected chi connectivity index (χ0v) is 18.0. The van der Waals surface area contributed by atoms with Gasteiger partial charge in [0.15, 0.2) is 0 Å². The first-order valence-corrected chi connectivity index (χ1v) is 9.92. The minimum absolute atomic E-state index is 0.0678. The number of nitrogens with zero attached hydrogens (tertiary/aromatic N) is 1. The van der Waals surface area contributed by atoms with Crippen molar-refractivity contribution in [1.29, 1.82) is 0 Å². The van der Waals surface area contributed by atoms with Gasteiger partial charge < -0.3 is 20.1 Å². The van der Waals surface area contributed by atoms with Crippen molar-refractivity contribution in [3.63, 3.8) is 0 Å². The highest BCUT2D eigenvalue weighted by Gasteiger charge is 2.16. The Kier molecular flexibility index (Phi) is 8.70. The lowest BCUT2D eigenvalue weighted by Gasteiger charge is -2.15. The molecule has 0 aliphatic carbocycles. The molecule has 0 unspecified atom stereocenters. The van der Waals surface area contributed by atoms with Crippen LogP contribution in [-0.4, -0.2) is 28.9 Å². The second-order valence-corrected chi connectivity index (χ2v) is 7.47. The number of ether oxygens (including phenoxy) is 2. The molecule has 1 atom stereocenters. The molecule has 0 spiro atoms. The minimum atomic E-state index is -0.956. The lowest BCUT2D eigenvalue weighted by molar-refractivity contribution is -0.384. The van der Waals surface area contributed by atoms with Crippen molar-refractivity contribution in [2.75, 3.05) is 5.32 Å². The maximum Gasteiger partial charge on any atom is 0.514 e. The fourth-order valence-electron chi connectivity index (χ4n) is 2.58. The van der Waals surface area contributed by atoms with Gasteiger partial charge in [-0.3, -0.25) is 19.7 Å². The van der Waals surface area contributed by atoms with Gasteiger partial charge in [0.05, 0.1) is 4.92 Å². The predicted molar refractivity (Wildman–Crippen MR) is 116 cm³/mol. The van der Waals surface area contributed by atoms with Crippen LogP contribution in [0.15, 0.2) is 48.5 Å². The van der Waals surface area contributed by atoms with E-state index in [1.165, 1.54) is 24.3 Å². The molecular weight excluding hydrogens is 418 g/mol. The summed E-state index contributed by atoms with van der Waals surface area (Å²) in [6, 6.07) is 10.9. The molecule has 0 aliphatic rings. The second kappa shape index (κ2) is 11.4. The molecule has 0 aliphatic heterocycles. The molecule has 2 aromatic rings. The van der Waals surface area contributed by atoms with Gasteiger partial charge in [0, 0.05) is 24.2 Å². The number of nitrogens with one attached hydrogen (secondary N) is 2. The Hall–Kier alpha value is -3.95. The molecule has 0 fully saturated rings. The Morgan fingerprint density at radius 1 is 1.00 bits per heavy atom. The minimum Gasteiger partial charge on any atom is -0.429 e. The van der Waals surface area contributed by atoms with Crippen LogP contribution in [0.1, 0.15) is 32.8 Å². The molecule has 2 aromatic carbocycles. The molecule has 170 valence electrons. The van der Waals surface area contributed by atoms with Crippen LogP contribution in [0.4, 0.5) is 16.2 Å². The van der Waals surface area contributed by atoms with Gasteiger partial charge >= 0.3 is 6.16 Å². The molecule has 2 rings (SSSR count). The maximum absolute atomic E-state index is 12.2. The molecule has 0 radical (unpaired) electrons. The number of benzene rings is 2. The summed E-state index contributed by atoms with van der Waals surface area (Å²) in [5, 5.41) is 16.0. The number of anilines is 1.